The molecule has 4 nitrogen and oxygen atoms in total. The monoisotopic (exact) mass is 412 g/mol. The lowest BCUT2D eigenvalue weighted by Crippen LogP contribution is -2.06. The van der Waals surface area contributed by atoms with E-state index in [1.807, 2.05) is 30.3 Å². The number of anilines is 1. The van der Waals surface area contributed by atoms with E-state index >= 15 is 0 Å². The molecule has 0 spiro atoms. The van der Waals surface area contributed by atoms with Crippen LogP contribution in [0.4, 0.5) is 5.69 Å². The molecule has 2 aromatic carbocycles. The molecule has 1 aliphatic heterocycles. The Morgan fingerprint density at radius 3 is 2.46 bits per heavy atom. The molecule has 0 atom stereocenters. The van der Waals surface area contributed by atoms with E-state index in [2.05, 4.69) is 23.6 Å². The maximum atomic E-state index is 6.04. The third-order valence-corrected chi connectivity index (χ3v) is 4.38. The molecule has 0 saturated carbocycles. The highest BCUT2D eigenvalue weighted by Crippen LogP contribution is 2.35. The molecule has 3 rings (SSSR count). The lowest BCUT2D eigenvalue weighted by molar-refractivity contribution is 0.348. The van der Waals surface area contributed by atoms with Crippen LogP contribution in [0.5, 0.6) is 5.75 Å². The zero-order chi connectivity index (χ0) is 18.9. The summed E-state index contributed by atoms with van der Waals surface area (Å²) in [5, 5.41) is 1.18. The second-order valence-electron chi connectivity index (χ2n) is 5.43. The summed E-state index contributed by atoms with van der Waals surface area (Å²) >= 11 is 13.5. The fourth-order valence-corrected chi connectivity index (χ4v) is 3.64. The van der Waals surface area contributed by atoms with Crippen molar-refractivity contribution in [3.8, 4) is 5.75 Å². The van der Waals surface area contributed by atoms with Gasteiger partial charge in [0.2, 0.25) is 5.90 Å². The molecule has 0 bridgehead atoms. The highest BCUT2D eigenvalue weighted by atomic mass is 35.5. The largest absolute Gasteiger partial charge is 0.495 e. The normalized spacial score (nSPS) is 12.6. The summed E-state index contributed by atoms with van der Waals surface area (Å²) in [6.45, 7) is 5.52. The Balaban J connectivity index is 0.000000758. The molecule has 26 heavy (non-hydrogen) atoms. The summed E-state index contributed by atoms with van der Waals surface area (Å²) in [6.07, 6.45) is 1.25. The highest BCUT2D eigenvalue weighted by Gasteiger charge is 2.18. The van der Waals surface area contributed by atoms with Gasteiger partial charge in [-0.1, -0.05) is 49.5 Å². The average Bonchev–Trinajstić information content (AvgIpc) is 3.14. The van der Waals surface area contributed by atoms with E-state index in [1.54, 1.807) is 13.2 Å². The molecule has 140 valence electrons. The van der Waals surface area contributed by atoms with Crippen LogP contribution in [-0.4, -0.2) is 26.2 Å². The maximum Gasteiger partial charge on any atom is 0.218 e. The van der Waals surface area contributed by atoms with E-state index < -0.39 is 0 Å². The Bertz CT molecular complexity index is 749. The minimum atomic E-state index is 0.588. The summed E-state index contributed by atoms with van der Waals surface area (Å²) < 4.78 is 14.3. The number of para-hydroxylation sites is 1. The van der Waals surface area contributed by atoms with Crippen molar-refractivity contribution in [2.75, 3.05) is 25.0 Å². The summed E-state index contributed by atoms with van der Waals surface area (Å²) in [5.74, 6) is 1.33. The van der Waals surface area contributed by atoms with Crippen molar-refractivity contribution in [2.45, 2.75) is 25.2 Å². The molecule has 2 aromatic rings. The van der Waals surface area contributed by atoms with E-state index in [0.29, 0.717) is 34.8 Å². The van der Waals surface area contributed by atoms with E-state index in [9.17, 15) is 0 Å². The van der Waals surface area contributed by atoms with Crippen molar-refractivity contribution >= 4 is 46.7 Å². The van der Waals surface area contributed by atoms with Gasteiger partial charge in [0.05, 0.1) is 24.9 Å². The molecular formula is C19H22Cl2N2O2S. The summed E-state index contributed by atoms with van der Waals surface area (Å²) in [5.41, 5.74) is 1.67. The van der Waals surface area contributed by atoms with Crippen LogP contribution < -0.4 is 9.46 Å². The second-order valence-corrected chi connectivity index (χ2v) is 7.19. The van der Waals surface area contributed by atoms with Crippen LogP contribution in [0, 0.1) is 0 Å². The number of benzene rings is 2. The van der Waals surface area contributed by atoms with Gasteiger partial charge in [0.15, 0.2) is 0 Å². The standard InChI is InChI=1S/C16H14Cl2N2O2S.C3H8/c1-21-14-4-2-3-13(16-19-5-6-22-16)15(14)20-23-12-8-10(17)7-11(18)9-12;1-3-2/h2-4,7-9,20H,5-6H2,1H3;3H2,1-2H3. The molecular weight excluding hydrogens is 391 g/mol. The van der Waals surface area contributed by atoms with Crippen LogP contribution in [0.15, 0.2) is 46.3 Å². The van der Waals surface area contributed by atoms with Crippen LogP contribution in [0.1, 0.15) is 25.8 Å². The molecule has 1 heterocycles. The smallest absolute Gasteiger partial charge is 0.218 e. The van der Waals surface area contributed by atoms with Gasteiger partial charge in [-0.15, -0.1) is 0 Å². The maximum absolute atomic E-state index is 6.04. The summed E-state index contributed by atoms with van der Waals surface area (Å²) in [7, 11) is 1.63. The van der Waals surface area contributed by atoms with E-state index in [-0.39, 0.29) is 0 Å². The van der Waals surface area contributed by atoms with Crippen LogP contribution in [0.25, 0.3) is 0 Å². The fraction of sp³-hybridized carbons (Fsp3) is 0.316. The van der Waals surface area contributed by atoms with Gasteiger partial charge in [-0.05, 0) is 42.3 Å². The number of ether oxygens (including phenoxy) is 2. The predicted molar refractivity (Wildman–Crippen MR) is 112 cm³/mol. The molecule has 0 saturated heterocycles. The average molecular weight is 413 g/mol. The molecule has 0 aliphatic carbocycles. The van der Waals surface area contributed by atoms with Crippen LogP contribution in [0.3, 0.4) is 0 Å². The van der Waals surface area contributed by atoms with Gasteiger partial charge in [0, 0.05) is 14.9 Å². The summed E-state index contributed by atoms with van der Waals surface area (Å²) in [6, 6.07) is 11.1. The highest BCUT2D eigenvalue weighted by molar-refractivity contribution is 8.00. The Hall–Kier alpha value is -1.56. The number of nitrogens with zero attached hydrogens (tertiary/aromatic N) is 1. The first kappa shape index (κ1) is 20.7. The van der Waals surface area contributed by atoms with Crippen LogP contribution in [-0.2, 0) is 4.74 Å². The third kappa shape index (κ3) is 5.73. The van der Waals surface area contributed by atoms with Crippen molar-refractivity contribution < 1.29 is 9.47 Å². The van der Waals surface area contributed by atoms with Crippen molar-refractivity contribution in [1.82, 2.24) is 0 Å². The lowest BCUT2D eigenvalue weighted by atomic mass is 10.1. The summed E-state index contributed by atoms with van der Waals surface area (Å²) in [4.78, 5) is 5.27. The number of halogens is 2. The van der Waals surface area contributed by atoms with Crippen LogP contribution in [0.2, 0.25) is 10.0 Å². The fourth-order valence-electron chi connectivity index (χ4n) is 2.18. The topological polar surface area (TPSA) is 42.9 Å². The van der Waals surface area contributed by atoms with Crippen molar-refractivity contribution in [3.63, 3.8) is 0 Å². The van der Waals surface area contributed by atoms with Gasteiger partial charge >= 0.3 is 0 Å². The molecule has 7 heteroatoms. The minimum Gasteiger partial charge on any atom is -0.495 e. The molecule has 1 aliphatic rings. The molecule has 0 fully saturated rings. The van der Waals surface area contributed by atoms with Gasteiger partial charge in [-0.25, -0.2) is 4.99 Å². The number of methoxy groups -OCH3 is 1. The first-order chi connectivity index (χ1) is 12.6. The zero-order valence-corrected chi connectivity index (χ0v) is 17.3. The third-order valence-electron chi connectivity index (χ3n) is 3.17. The van der Waals surface area contributed by atoms with Gasteiger partial charge < -0.3 is 14.2 Å². The van der Waals surface area contributed by atoms with Gasteiger partial charge in [0.1, 0.15) is 12.4 Å². The first-order valence-electron chi connectivity index (χ1n) is 8.32. The Morgan fingerprint density at radius 1 is 1.19 bits per heavy atom. The predicted octanol–water partition coefficient (Wildman–Crippen LogP) is 6.31. The quantitative estimate of drug-likeness (QED) is 0.583. The van der Waals surface area contributed by atoms with Gasteiger partial charge in [0.25, 0.3) is 0 Å². The van der Waals surface area contributed by atoms with Crippen molar-refractivity contribution in [3.05, 3.63) is 52.0 Å². The molecule has 1 N–H and O–H groups in total. The minimum absolute atomic E-state index is 0.588. The molecule has 0 unspecified atom stereocenters. The zero-order valence-electron chi connectivity index (χ0n) is 15.0. The second kappa shape index (κ2) is 10.6. The van der Waals surface area contributed by atoms with E-state index in [1.165, 1.54) is 18.4 Å². The first-order valence-corrected chi connectivity index (χ1v) is 9.89. The Labute approximate surface area is 169 Å². The Kier molecular flexibility index (Phi) is 8.42. The van der Waals surface area contributed by atoms with Crippen molar-refractivity contribution in [1.29, 1.82) is 0 Å². The molecule has 0 aromatic heterocycles. The van der Waals surface area contributed by atoms with Gasteiger partial charge in [-0.3, -0.25) is 0 Å². The molecule has 0 amide bonds. The number of rotatable bonds is 5. The number of aliphatic imine (C=N–C) groups is 1. The lowest BCUT2D eigenvalue weighted by Gasteiger charge is -2.15. The molecule has 0 radical (unpaired) electrons. The van der Waals surface area contributed by atoms with E-state index in [0.717, 1.165) is 16.1 Å². The SMILES string of the molecule is CCC.COc1cccc(C2=NCCO2)c1NSc1cc(Cl)cc(Cl)c1. The van der Waals surface area contributed by atoms with Crippen molar-refractivity contribution in [2.24, 2.45) is 4.99 Å². The van der Waals surface area contributed by atoms with E-state index in [4.69, 9.17) is 32.7 Å². The van der Waals surface area contributed by atoms with Crippen LogP contribution >= 0.6 is 35.1 Å². The number of nitrogens with one attached hydrogen (secondary N) is 1. The van der Waals surface area contributed by atoms with Gasteiger partial charge in [-0.2, -0.15) is 0 Å². The Morgan fingerprint density at radius 2 is 1.88 bits per heavy atom. The number of hydrogen-bond acceptors (Lipinski definition) is 5. The number of hydrogen-bond donors (Lipinski definition) is 1.